The van der Waals surface area contributed by atoms with Gasteiger partial charge in [0, 0.05) is 6.07 Å². The summed E-state index contributed by atoms with van der Waals surface area (Å²) in [6.07, 6.45) is 0. The molecular weight excluding hydrogens is 210 g/mol. The number of amides is 1. The minimum Gasteiger partial charge on any atom is -0.455 e. The van der Waals surface area contributed by atoms with Crippen LogP contribution in [0.25, 0.3) is 0 Å². The average molecular weight is 221 g/mol. The predicted octanol–water partition coefficient (Wildman–Crippen LogP) is 1.29. The Kier molecular flexibility index (Phi) is 2.74. The van der Waals surface area contributed by atoms with Crippen molar-refractivity contribution >= 4 is 11.7 Å². The van der Waals surface area contributed by atoms with Crippen molar-refractivity contribution in [3.8, 4) is 0 Å². The Hall–Kier alpha value is -2.08. The van der Waals surface area contributed by atoms with E-state index >= 15 is 0 Å². The Labute approximate surface area is 91.4 Å². The quantitative estimate of drug-likeness (QED) is 0.814. The lowest BCUT2D eigenvalue weighted by molar-refractivity contribution is 0.0994. The van der Waals surface area contributed by atoms with Crippen LogP contribution in [0.5, 0.6) is 0 Å². The molecule has 16 heavy (non-hydrogen) atoms. The molecule has 6 nitrogen and oxygen atoms in total. The first kappa shape index (κ1) is 10.4. The Balaban J connectivity index is 2.08. The van der Waals surface area contributed by atoms with Crippen molar-refractivity contribution in [1.29, 1.82) is 0 Å². The van der Waals surface area contributed by atoms with Gasteiger partial charge in [-0.15, -0.1) is 0 Å². The second-order valence-corrected chi connectivity index (χ2v) is 3.25. The highest BCUT2D eigenvalue weighted by molar-refractivity contribution is 6.01. The van der Waals surface area contributed by atoms with E-state index in [1.807, 2.05) is 0 Å². The van der Waals surface area contributed by atoms with Crippen molar-refractivity contribution in [2.24, 2.45) is 5.73 Å². The monoisotopic (exact) mass is 221 g/mol. The van der Waals surface area contributed by atoms with E-state index in [9.17, 15) is 4.79 Å². The molecule has 84 valence electrons. The molecule has 0 bridgehead atoms. The molecule has 0 saturated carbocycles. The van der Waals surface area contributed by atoms with Gasteiger partial charge in [0.25, 0.3) is 5.91 Å². The Morgan fingerprint density at radius 1 is 1.56 bits per heavy atom. The minimum atomic E-state index is -0.381. The number of carbonyl (C=O) groups excluding carboxylic acids is 1. The second-order valence-electron chi connectivity index (χ2n) is 3.25. The molecule has 3 N–H and O–H groups in total. The van der Waals surface area contributed by atoms with E-state index in [1.165, 1.54) is 0 Å². The van der Waals surface area contributed by atoms with Crippen LogP contribution in [0.4, 0.5) is 5.82 Å². The van der Waals surface area contributed by atoms with Gasteiger partial charge in [-0.25, -0.2) is 0 Å². The average Bonchev–Trinajstić information content (AvgIpc) is 2.87. The van der Waals surface area contributed by atoms with Crippen LogP contribution in [0.3, 0.4) is 0 Å². The molecule has 0 spiro atoms. The van der Waals surface area contributed by atoms with Gasteiger partial charge in [-0.1, -0.05) is 5.16 Å². The highest BCUT2D eigenvalue weighted by atomic mass is 16.5. The van der Waals surface area contributed by atoms with Crippen LogP contribution in [-0.2, 0) is 6.54 Å². The van der Waals surface area contributed by atoms with Gasteiger partial charge in [0.1, 0.15) is 11.5 Å². The molecule has 2 aromatic heterocycles. The third kappa shape index (κ3) is 2.12. The van der Waals surface area contributed by atoms with Crippen molar-refractivity contribution in [2.45, 2.75) is 13.5 Å². The maximum absolute atomic E-state index is 11.6. The van der Waals surface area contributed by atoms with Crippen LogP contribution in [-0.4, -0.2) is 11.1 Å². The molecule has 6 heteroatoms. The molecule has 0 unspecified atom stereocenters. The zero-order valence-corrected chi connectivity index (χ0v) is 8.69. The molecule has 0 aliphatic rings. The van der Waals surface area contributed by atoms with Crippen molar-refractivity contribution in [2.75, 3.05) is 5.32 Å². The zero-order valence-electron chi connectivity index (χ0n) is 8.69. The third-order valence-electron chi connectivity index (χ3n) is 1.96. The predicted molar refractivity (Wildman–Crippen MR) is 55.8 cm³/mol. The van der Waals surface area contributed by atoms with Crippen molar-refractivity contribution in [3.63, 3.8) is 0 Å². The fourth-order valence-electron chi connectivity index (χ4n) is 1.21. The van der Waals surface area contributed by atoms with Crippen LogP contribution in [0, 0.1) is 6.92 Å². The van der Waals surface area contributed by atoms with Crippen LogP contribution < -0.4 is 11.1 Å². The van der Waals surface area contributed by atoms with Crippen molar-refractivity contribution in [3.05, 3.63) is 35.5 Å². The number of hydrogen-bond donors (Lipinski definition) is 2. The van der Waals surface area contributed by atoms with Crippen LogP contribution in [0.15, 0.2) is 27.1 Å². The zero-order chi connectivity index (χ0) is 11.5. The molecule has 0 aromatic carbocycles. The van der Waals surface area contributed by atoms with Gasteiger partial charge in [0.2, 0.25) is 0 Å². The maximum Gasteiger partial charge on any atom is 0.292 e. The van der Waals surface area contributed by atoms with Gasteiger partial charge >= 0.3 is 0 Å². The molecule has 0 aliphatic carbocycles. The first-order valence-electron chi connectivity index (χ1n) is 4.72. The van der Waals surface area contributed by atoms with Gasteiger partial charge in [-0.3, -0.25) is 4.79 Å². The van der Waals surface area contributed by atoms with Crippen LogP contribution in [0.1, 0.15) is 22.1 Å². The summed E-state index contributed by atoms with van der Waals surface area (Å²) in [5, 5.41) is 6.17. The lowest BCUT2D eigenvalue weighted by atomic mass is 10.4. The number of aryl methyl sites for hydroxylation is 1. The summed E-state index contributed by atoms with van der Waals surface area (Å²) in [6.45, 7) is 2.00. The molecular formula is C10H11N3O3. The SMILES string of the molecule is Cc1cc(NC(=O)c2ccc(CN)o2)no1. The Bertz CT molecular complexity index is 501. The Morgan fingerprint density at radius 3 is 2.94 bits per heavy atom. The largest absolute Gasteiger partial charge is 0.455 e. The van der Waals surface area contributed by atoms with Crippen LogP contribution >= 0.6 is 0 Å². The lowest BCUT2D eigenvalue weighted by Crippen LogP contribution is -2.11. The summed E-state index contributed by atoms with van der Waals surface area (Å²) in [5.41, 5.74) is 5.37. The lowest BCUT2D eigenvalue weighted by Gasteiger charge is -1.96. The smallest absolute Gasteiger partial charge is 0.292 e. The highest BCUT2D eigenvalue weighted by Crippen LogP contribution is 2.11. The number of nitrogens with two attached hydrogens (primary N) is 1. The fourth-order valence-corrected chi connectivity index (χ4v) is 1.21. The summed E-state index contributed by atoms with van der Waals surface area (Å²) in [6, 6.07) is 4.83. The van der Waals surface area contributed by atoms with Crippen molar-refractivity contribution < 1.29 is 13.7 Å². The first-order valence-corrected chi connectivity index (χ1v) is 4.72. The van der Waals surface area contributed by atoms with Gasteiger partial charge in [-0.2, -0.15) is 0 Å². The van der Waals surface area contributed by atoms with E-state index in [1.54, 1.807) is 25.1 Å². The number of rotatable bonds is 3. The molecule has 2 rings (SSSR count). The number of nitrogens with one attached hydrogen (secondary N) is 1. The summed E-state index contributed by atoms with van der Waals surface area (Å²) >= 11 is 0. The molecule has 2 aromatic rings. The molecule has 0 fully saturated rings. The summed E-state index contributed by atoms with van der Waals surface area (Å²) in [5.74, 6) is 1.35. The summed E-state index contributed by atoms with van der Waals surface area (Å²) < 4.78 is 9.99. The third-order valence-corrected chi connectivity index (χ3v) is 1.96. The van der Waals surface area contributed by atoms with Gasteiger partial charge in [0.15, 0.2) is 11.6 Å². The number of aromatic nitrogens is 1. The van der Waals surface area contributed by atoms with E-state index in [-0.39, 0.29) is 18.2 Å². The minimum absolute atomic E-state index is 0.195. The topological polar surface area (TPSA) is 94.3 Å². The standard InChI is InChI=1S/C10H11N3O3/c1-6-4-9(13-16-6)12-10(14)8-3-2-7(5-11)15-8/h2-4H,5,11H2,1H3,(H,12,13,14). The summed E-state index contributed by atoms with van der Waals surface area (Å²) in [7, 11) is 0. The number of furan rings is 1. The maximum atomic E-state index is 11.6. The van der Waals surface area contributed by atoms with Crippen molar-refractivity contribution in [1.82, 2.24) is 5.16 Å². The molecule has 2 heterocycles. The Morgan fingerprint density at radius 2 is 2.38 bits per heavy atom. The summed E-state index contributed by atoms with van der Waals surface area (Å²) in [4.78, 5) is 11.6. The highest BCUT2D eigenvalue weighted by Gasteiger charge is 2.12. The van der Waals surface area contributed by atoms with E-state index in [0.29, 0.717) is 17.3 Å². The first-order chi connectivity index (χ1) is 7.69. The fraction of sp³-hybridized carbons (Fsp3) is 0.200. The number of carbonyl (C=O) groups is 1. The molecule has 1 amide bonds. The molecule has 0 aliphatic heterocycles. The van der Waals surface area contributed by atoms with Gasteiger partial charge in [0.05, 0.1) is 6.54 Å². The molecule has 0 atom stereocenters. The second kappa shape index (κ2) is 4.19. The normalized spacial score (nSPS) is 10.4. The van der Waals surface area contributed by atoms with Gasteiger partial charge in [-0.05, 0) is 19.1 Å². The molecule has 0 saturated heterocycles. The van der Waals surface area contributed by atoms with Gasteiger partial charge < -0.3 is 20.0 Å². The molecule has 0 radical (unpaired) electrons. The van der Waals surface area contributed by atoms with E-state index < -0.39 is 0 Å². The number of nitrogens with zero attached hydrogens (tertiary/aromatic N) is 1. The van der Waals surface area contributed by atoms with Crippen LogP contribution in [0.2, 0.25) is 0 Å². The number of hydrogen-bond acceptors (Lipinski definition) is 5. The van der Waals surface area contributed by atoms with E-state index in [2.05, 4.69) is 10.5 Å². The van der Waals surface area contributed by atoms with E-state index in [4.69, 9.17) is 14.7 Å². The van der Waals surface area contributed by atoms with E-state index in [0.717, 1.165) is 0 Å². The number of anilines is 1.